The number of H-pyrrole nitrogens is 1. The minimum absolute atomic E-state index is 0.0579. The van der Waals surface area contributed by atoms with Crippen LogP contribution in [0, 0.1) is 6.92 Å². The summed E-state index contributed by atoms with van der Waals surface area (Å²) in [6.07, 6.45) is 0. The SMILES string of the molecule is Cc1[nH]sc(=O)c1Br. The molecule has 0 saturated heterocycles. The maximum absolute atomic E-state index is 10.6. The number of aryl methyl sites for hydroxylation is 1. The maximum atomic E-state index is 10.6. The summed E-state index contributed by atoms with van der Waals surface area (Å²) in [4.78, 5) is 10.6. The van der Waals surface area contributed by atoms with E-state index in [0.29, 0.717) is 4.47 Å². The van der Waals surface area contributed by atoms with Crippen molar-refractivity contribution in [2.75, 3.05) is 0 Å². The van der Waals surface area contributed by atoms with Crippen LogP contribution in [-0.4, -0.2) is 4.37 Å². The normalized spacial score (nSPS) is 9.75. The van der Waals surface area contributed by atoms with Crippen LogP contribution in [-0.2, 0) is 0 Å². The highest BCUT2D eigenvalue weighted by atomic mass is 79.9. The molecule has 2 nitrogen and oxygen atoms in total. The fourth-order valence-electron chi connectivity index (χ4n) is 0.366. The second-order valence-corrected chi connectivity index (χ2v) is 3.00. The summed E-state index contributed by atoms with van der Waals surface area (Å²) >= 11 is 4.22. The number of halogens is 1. The molecule has 44 valence electrons. The summed E-state index contributed by atoms with van der Waals surface area (Å²) in [5.74, 6) is 0. The predicted octanol–water partition coefficient (Wildman–Crippen LogP) is 1.51. The molecule has 0 bridgehead atoms. The Kier molecular flexibility index (Phi) is 1.53. The van der Waals surface area contributed by atoms with Crippen molar-refractivity contribution in [2.24, 2.45) is 0 Å². The lowest BCUT2D eigenvalue weighted by Gasteiger charge is -1.76. The van der Waals surface area contributed by atoms with Gasteiger partial charge in [0.05, 0.1) is 4.47 Å². The summed E-state index contributed by atoms with van der Waals surface area (Å²) in [6.45, 7) is 1.85. The number of nitrogens with one attached hydrogen (secondary N) is 1. The van der Waals surface area contributed by atoms with E-state index in [1.165, 1.54) is 0 Å². The fourth-order valence-corrected chi connectivity index (χ4v) is 1.43. The van der Waals surface area contributed by atoms with Gasteiger partial charge in [-0.05, 0) is 34.4 Å². The Labute approximate surface area is 58.8 Å². The first-order chi connectivity index (χ1) is 3.72. The topological polar surface area (TPSA) is 32.9 Å². The van der Waals surface area contributed by atoms with E-state index in [0.717, 1.165) is 17.2 Å². The van der Waals surface area contributed by atoms with E-state index in [9.17, 15) is 4.79 Å². The van der Waals surface area contributed by atoms with Gasteiger partial charge in [0.2, 0.25) is 0 Å². The van der Waals surface area contributed by atoms with Crippen LogP contribution >= 0.6 is 27.5 Å². The molecule has 0 atom stereocenters. The standard InChI is InChI=1S/C4H4BrNOS/c1-2-3(5)4(7)8-6-2/h6H,1H3. The summed E-state index contributed by atoms with van der Waals surface area (Å²) < 4.78 is 3.53. The van der Waals surface area contributed by atoms with Crippen molar-refractivity contribution >= 4 is 27.5 Å². The van der Waals surface area contributed by atoms with E-state index in [2.05, 4.69) is 20.3 Å². The molecular weight excluding hydrogens is 190 g/mol. The Morgan fingerprint density at radius 3 is 2.50 bits per heavy atom. The molecule has 0 spiro atoms. The minimum atomic E-state index is 0.0579. The van der Waals surface area contributed by atoms with Crippen LogP contribution in [0.5, 0.6) is 0 Å². The largest absolute Gasteiger partial charge is 0.311 e. The van der Waals surface area contributed by atoms with Gasteiger partial charge in [0.25, 0.3) is 4.74 Å². The molecule has 0 radical (unpaired) electrons. The Morgan fingerprint density at radius 1 is 1.75 bits per heavy atom. The number of aromatic amines is 1. The predicted molar refractivity (Wildman–Crippen MR) is 37.4 cm³/mol. The van der Waals surface area contributed by atoms with Crippen LogP contribution in [0.1, 0.15) is 5.69 Å². The van der Waals surface area contributed by atoms with Crippen molar-refractivity contribution in [1.82, 2.24) is 4.37 Å². The molecule has 0 fully saturated rings. The van der Waals surface area contributed by atoms with Gasteiger partial charge in [-0.25, -0.2) is 0 Å². The molecular formula is C4H4BrNOS. The molecule has 0 aliphatic heterocycles. The summed E-state index contributed by atoms with van der Waals surface area (Å²) in [6, 6.07) is 0. The highest BCUT2D eigenvalue weighted by Gasteiger charge is 1.98. The molecule has 8 heavy (non-hydrogen) atoms. The molecule has 1 aromatic heterocycles. The van der Waals surface area contributed by atoms with Gasteiger partial charge >= 0.3 is 0 Å². The van der Waals surface area contributed by atoms with E-state index in [1.807, 2.05) is 6.92 Å². The smallest absolute Gasteiger partial charge is 0.263 e. The summed E-state index contributed by atoms with van der Waals surface area (Å²) in [5.41, 5.74) is 0.903. The first-order valence-corrected chi connectivity index (χ1v) is 3.66. The average molecular weight is 194 g/mol. The highest BCUT2D eigenvalue weighted by Crippen LogP contribution is 2.08. The Balaban J connectivity index is 3.41. The van der Waals surface area contributed by atoms with Crippen molar-refractivity contribution in [3.8, 4) is 0 Å². The quantitative estimate of drug-likeness (QED) is 0.667. The second kappa shape index (κ2) is 2.03. The molecule has 1 heterocycles. The lowest BCUT2D eigenvalue weighted by molar-refractivity contribution is 1.32. The Bertz CT molecular complexity index is 238. The monoisotopic (exact) mass is 193 g/mol. The van der Waals surface area contributed by atoms with Crippen molar-refractivity contribution in [1.29, 1.82) is 0 Å². The van der Waals surface area contributed by atoms with E-state index in [4.69, 9.17) is 0 Å². The molecule has 0 saturated carbocycles. The highest BCUT2D eigenvalue weighted by molar-refractivity contribution is 9.10. The molecule has 4 heteroatoms. The van der Waals surface area contributed by atoms with E-state index in [-0.39, 0.29) is 4.74 Å². The zero-order chi connectivity index (χ0) is 6.15. The minimum Gasteiger partial charge on any atom is -0.311 e. The molecule has 0 aliphatic carbocycles. The molecule has 1 aromatic rings. The Morgan fingerprint density at radius 2 is 2.38 bits per heavy atom. The van der Waals surface area contributed by atoms with Crippen molar-refractivity contribution in [3.63, 3.8) is 0 Å². The first-order valence-electron chi connectivity index (χ1n) is 2.05. The fraction of sp³-hybridized carbons (Fsp3) is 0.250. The zero-order valence-corrected chi connectivity index (χ0v) is 6.60. The van der Waals surface area contributed by atoms with Crippen LogP contribution in [0.3, 0.4) is 0 Å². The molecule has 1 N–H and O–H groups in total. The molecule has 0 unspecified atom stereocenters. The van der Waals surface area contributed by atoms with Gasteiger partial charge in [-0.1, -0.05) is 0 Å². The van der Waals surface area contributed by atoms with Crippen LogP contribution in [0.4, 0.5) is 0 Å². The van der Waals surface area contributed by atoms with Crippen LogP contribution < -0.4 is 4.74 Å². The number of rotatable bonds is 0. The third-order valence-electron chi connectivity index (χ3n) is 0.805. The van der Waals surface area contributed by atoms with E-state index < -0.39 is 0 Å². The second-order valence-electron chi connectivity index (χ2n) is 1.43. The van der Waals surface area contributed by atoms with Gasteiger partial charge in [-0.3, -0.25) is 4.79 Å². The van der Waals surface area contributed by atoms with Crippen molar-refractivity contribution < 1.29 is 0 Å². The summed E-state index contributed by atoms with van der Waals surface area (Å²) in [5, 5.41) is 0. The number of hydrogen-bond acceptors (Lipinski definition) is 2. The van der Waals surface area contributed by atoms with Gasteiger partial charge in [0, 0.05) is 5.69 Å². The number of hydrogen-bond donors (Lipinski definition) is 1. The lowest BCUT2D eigenvalue weighted by atomic mass is 10.5. The van der Waals surface area contributed by atoms with E-state index >= 15 is 0 Å². The third-order valence-corrected chi connectivity index (χ3v) is 2.82. The van der Waals surface area contributed by atoms with Crippen LogP contribution in [0.2, 0.25) is 0 Å². The molecule has 0 aromatic carbocycles. The number of aromatic nitrogens is 1. The Hall–Kier alpha value is -0.0900. The zero-order valence-electron chi connectivity index (χ0n) is 4.19. The molecule has 1 rings (SSSR count). The van der Waals surface area contributed by atoms with Crippen molar-refractivity contribution in [3.05, 3.63) is 19.7 Å². The van der Waals surface area contributed by atoms with Gasteiger partial charge in [-0.2, -0.15) is 0 Å². The van der Waals surface area contributed by atoms with E-state index in [1.54, 1.807) is 0 Å². The first kappa shape index (κ1) is 6.04. The van der Waals surface area contributed by atoms with Gasteiger partial charge < -0.3 is 4.37 Å². The summed E-state index contributed by atoms with van der Waals surface area (Å²) in [7, 11) is 0. The molecule has 0 amide bonds. The van der Waals surface area contributed by atoms with Crippen LogP contribution in [0.25, 0.3) is 0 Å². The third kappa shape index (κ3) is 0.855. The van der Waals surface area contributed by atoms with Crippen molar-refractivity contribution in [2.45, 2.75) is 6.92 Å². The van der Waals surface area contributed by atoms with Gasteiger partial charge in [0.1, 0.15) is 0 Å². The molecule has 0 aliphatic rings. The van der Waals surface area contributed by atoms with Crippen LogP contribution in [0.15, 0.2) is 9.27 Å². The van der Waals surface area contributed by atoms with Gasteiger partial charge in [-0.15, -0.1) is 0 Å². The average Bonchev–Trinajstić information content (AvgIpc) is 1.98. The maximum Gasteiger partial charge on any atom is 0.263 e. The van der Waals surface area contributed by atoms with Gasteiger partial charge in [0.15, 0.2) is 0 Å². The lowest BCUT2D eigenvalue weighted by Crippen LogP contribution is -1.87.